The van der Waals surface area contributed by atoms with Crippen LogP contribution in [0.15, 0.2) is 0 Å². The van der Waals surface area contributed by atoms with Crippen LogP contribution in [0.3, 0.4) is 0 Å². The van der Waals surface area contributed by atoms with Crippen molar-refractivity contribution in [1.82, 2.24) is 0 Å². The van der Waals surface area contributed by atoms with Gasteiger partial charge in [0.25, 0.3) is 0 Å². The molecule has 14 heavy (non-hydrogen) atoms. The molecule has 82 valence electrons. The minimum atomic E-state index is -4.89. The molecule has 1 aliphatic rings. The topological polar surface area (TPSA) is 26.3 Å². The third kappa shape index (κ3) is 2.04. The molecule has 0 aromatic carbocycles. The largest absolute Gasteiger partial charge is 0.482 e. The fourth-order valence-corrected chi connectivity index (χ4v) is 2.01. The Morgan fingerprint density at radius 2 is 1.93 bits per heavy atom. The molecule has 0 radical (unpaired) electrons. The van der Waals surface area contributed by atoms with Gasteiger partial charge in [0.1, 0.15) is 0 Å². The fourth-order valence-electron chi connectivity index (χ4n) is 2.01. The van der Waals surface area contributed by atoms with E-state index in [0.29, 0.717) is 6.42 Å². The zero-order chi connectivity index (χ0) is 10.9. The van der Waals surface area contributed by atoms with Crippen LogP contribution < -0.4 is 0 Å². The first-order chi connectivity index (χ1) is 6.43. The molecule has 1 aliphatic carbocycles. The molecule has 2 nitrogen and oxygen atoms in total. The normalized spacial score (nSPS) is 31.4. The number of rotatable bonds is 4. The Kier molecular flexibility index (Phi) is 3.12. The number of esters is 1. The number of hydrogen-bond donors (Lipinski definition) is 0. The first-order valence-corrected chi connectivity index (χ1v) is 4.80. The molecule has 1 saturated carbocycles. The molecule has 0 spiro atoms. The van der Waals surface area contributed by atoms with Crippen LogP contribution in [-0.4, -0.2) is 19.6 Å². The van der Waals surface area contributed by atoms with Gasteiger partial charge in [0.2, 0.25) is 0 Å². The zero-order valence-electron chi connectivity index (χ0n) is 8.17. The van der Waals surface area contributed by atoms with Crippen molar-refractivity contribution in [2.24, 2.45) is 11.8 Å². The molecule has 0 aromatic heterocycles. The number of carbonyl (C=O) groups is 1. The van der Waals surface area contributed by atoms with Crippen LogP contribution in [0.4, 0.5) is 12.9 Å². The SMILES string of the molecule is CCOC(=O)[C@@H]1[C@H](CC)[C@H]1[B-](F)(F)F. The lowest BCUT2D eigenvalue weighted by atomic mass is 9.80. The van der Waals surface area contributed by atoms with Gasteiger partial charge < -0.3 is 17.7 Å². The molecule has 0 aromatic rings. The van der Waals surface area contributed by atoms with Crippen molar-refractivity contribution in [2.75, 3.05) is 6.61 Å². The quantitative estimate of drug-likeness (QED) is 0.524. The van der Waals surface area contributed by atoms with Gasteiger partial charge >= 0.3 is 12.9 Å². The van der Waals surface area contributed by atoms with E-state index in [1.165, 1.54) is 0 Å². The molecule has 0 N–H and O–H groups in total. The van der Waals surface area contributed by atoms with Crippen LogP contribution in [0.1, 0.15) is 20.3 Å². The minimum Gasteiger partial charge on any atom is -0.466 e. The van der Waals surface area contributed by atoms with E-state index < -0.39 is 30.6 Å². The molecule has 1 fully saturated rings. The molecular weight excluding hydrogens is 196 g/mol. The maximum atomic E-state index is 12.4. The van der Waals surface area contributed by atoms with E-state index >= 15 is 0 Å². The van der Waals surface area contributed by atoms with Gasteiger partial charge in [-0.05, 0) is 6.92 Å². The molecule has 0 amide bonds. The van der Waals surface area contributed by atoms with Crippen molar-refractivity contribution in [3.63, 3.8) is 0 Å². The number of ether oxygens (including phenoxy) is 1. The van der Waals surface area contributed by atoms with Gasteiger partial charge in [-0.15, -0.1) is 0 Å². The van der Waals surface area contributed by atoms with Crippen molar-refractivity contribution in [3.05, 3.63) is 0 Å². The second-order valence-corrected chi connectivity index (χ2v) is 3.55. The smallest absolute Gasteiger partial charge is 0.466 e. The van der Waals surface area contributed by atoms with Crippen LogP contribution in [0, 0.1) is 11.8 Å². The van der Waals surface area contributed by atoms with Gasteiger partial charge in [0, 0.05) is 5.92 Å². The maximum Gasteiger partial charge on any atom is 0.482 e. The highest BCUT2D eigenvalue weighted by molar-refractivity contribution is 6.62. The zero-order valence-corrected chi connectivity index (χ0v) is 8.17. The highest BCUT2D eigenvalue weighted by Gasteiger charge is 2.62. The lowest BCUT2D eigenvalue weighted by Crippen LogP contribution is -2.19. The van der Waals surface area contributed by atoms with Crippen LogP contribution >= 0.6 is 0 Å². The summed E-state index contributed by atoms with van der Waals surface area (Å²) >= 11 is 0. The predicted octanol–water partition coefficient (Wildman–Crippen LogP) is 2.42. The molecule has 0 aliphatic heterocycles. The monoisotopic (exact) mass is 209 g/mol. The Bertz CT molecular complexity index is 229. The second-order valence-electron chi connectivity index (χ2n) is 3.55. The molecule has 0 heterocycles. The standard InChI is InChI=1S/C8H13BF3O2/c1-3-5-6(8(13)14-4-2)7(5)9(10,11)12/h5-7H,3-4H2,1-2H3/q-1/t5-,6+,7+/m0/s1. The highest BCUT2D eigenvalue weighted by atomic mass is 19.4. The highest BCUT2D eigenvalue weighted by Crippen LogP contribution is 2.61. The lowest BCUT2D eigenvalue weighted by molar-refractivity contribution is -0.145. The van der Waals surface area contributed by atoms with E-state index in [0.717, 1.165) is 0 Å². The summed E-state index contributed by atoms with van der Waals surface area (Å²) in [5, 5.41) is 0. The van der Waals surface area contributed by atoms with Crippen molar-refractivity contribution in [1.29, 1.82) is 0 Å². The molecule has 0 unspecified atom stereocenters. The summed E-state index contributed by atoms with van der Waals surface area (Å²) in [4.78, 5) is 11.1. The van der Waals surface area contributed by atoms with E-state index in [4.69, 9.17) is 0 Å². The molecule has 6 heteroatoms. The number of halogens is 3. The van der Waals surface area contributed by atoms with E-state index in [1.54, 1.807) is 13.8 Å². The number of carbonyl (C=O) groups excluding carboxylic acids is 1. The van der Waals surface area contributed by atoms with Crippen LogP contribution in [0.2, 0.25) is 5.82 Å². The first-order valence-electron chi connectivity index (χ1n) is 4.80. The van der Waals surface area contributed by atoms with Crippen molar-refractivity contribution in [2.45, 2.75) is 26.1 Å². The molecule has 1 rings (SSSR count). The Hall–Kier alpha value is -0.675. The van der Waals surface area contributed by atoms with Crippen molar-refractivity contribution in [3.8, 4) is 0 Å². The Labute approximate surface area is 80.9 Å². The van der Waals surface area contributed by atoms with Gasteiger partial charge in [0.05, 0.1) is 6.61 Å². The van der Waals surface area contributed by atoms with Crippen LogP contribution in [-0.2, 0) is 9.53 Å². The summed E-state index contributed by atoms with van der Waals surface area (Å²) in [6.45, 7) is -1.49. The van der Waals surface area contributed by atoms with Gasteiger partial charge in [0.15, 0.2) is 0 Å². The summed E-state index contributed by atoms with van der Waals surface area (Å²) in [5.74, 6) is -3.59. The summed E-state index contributed by atoms with van der Waals surface area (Å²) < 4.78 is 41.7. The average Bonchev–Trinajstić information content (AvgIpc) is 2.77. The Balaban J connectivity index is 2.60. The first kappa shape index (κ1) is 11.4. The van der Waals surface area contributed by atoms with Crippen LogP contribution in [0.5, 0.6) is 0 Å². The minimum absolute atomic E-state index is 0.142. The molecule has 0 saturated heterocycles. The van der Waals surface area contributed by atoms with Crippen molar-refractivity contribution < 1.29 is 22.5 Å². The fraction of sp³-hybridized carbons (Fsp3) is 0.875. The number of hydrogen-bond acceptors (Lipinski definition) is 2. The third-order valence-electron chi connectivity index (χ3n) is 2.70. The summed E-state index contributed by atoms with van der Waals surface area (Å²) in [7, 11) is 0. The van der Waals surface area contributed by atoms with Gasteiger partial charge in [-0.2, -0.15) is 0 Å². The van der Waals surface area contributed by atoms with Crippen LogP contribution in [0.25, 0.3) is 0 Å². The van der Waals surface area contributed by atoms with Gasteiger partial charge in [-0.1, -0.05) is 25.1 Å². The maximum absolute atomic E-state index is 12.4. The Morgan fingerprint density at radius 3 is 2.21 bits per heavy atom. The van der Waals surface area contributed by atoms with E-state index in [1.807, 2.05) is 0 Å². The van der Waals surface area contributed by atoms with E-state index in [9.17, 15) is 17.7 Å². The van der Waals surface area contributed by atoms with Gasteiger partial charge in [-0.3, -0.25) is 4.79 Å². The summed E-state index contributed by atoms with van der Waals surface area (Å²) in [6.07, 6.45) is 0.384. The molecular formula is C8H13BF3O2-. The van der Waals surface area contributed by atoms with E-state index in [2.05, 4.69) is 4.74 Å². The summed E-state index contributed by atoms with van der Waals surface area (Å²) in [6, 6.07) is 0. The Morgan fingerprint density at radius 1 is 1.36 bits per heavy atom. The third-order valence-corrected chi connectivity index (χ3v) is 2.70. The molecule has 3 atom stereocenters. The summed E-state index contributed by atoms with van der Waals surface area (Å²) in [5.41, 5.74) is 0. The molecule has 0 bridgehead atoms. The lowest BCUT2D eigenvalue weighted by Gasteiger charge is -2.12. The second kappa shape index (κ2) is 3.83. The average molecular weight is 209 g/mol. The predicted molar refractivity (Wildman–Crippen MR) is 46.7 cm³/mol. The van der Waals surface area contributed by atoms with Crippen molar-refractivity contribution >= 4 is 12.9 Å². The van der Waals surface area contributed by atoms with E-state index in [-0.39, 0.29) is 6.61 Å². The van der Waals surface area contributed by atoms with Gasteiger partial charge in [-0.25, -0.2) is 0 Å².